The van der Waals surface area contributed by atoms with Crippen LogP contribution in [-0.4, -0.2) is 39.6 Å². The smallest absolute Gasteiger partial charge is 0.335 e. The number of aromatic carboxylic acids is 1. The van der Waals surface area contributed by atoms with Crippen molar-refractivity contribution >= 4 is 28.6 Å². The van der Waals surface area contributed by atoms with Crippen molar-refractivity contribution in [3.05, 3.63) is 87.9 Å². The Morgan fingerprint density at radius 1 is 0.907 bits per heavy atom. The zero-order chi connectivity index (χ0) is 30.9. The van der Waals surface area contributed by atoms with Crippen LogP contribution in [0.3, 0.4) is 0 Å². The van der Waals surface area contributed by atoms with Crippen LogP contribution in [0.25, 0.3) is 22.4 Å². The molecule has 11 heteroatoms. The second-order valence-corrected chi connectivity index (χ2v) is 11.1. The van der Waals surface area contributed by atoms with Gasteiger partial charge in [-0.25, -0.2) is 27.3 Å². The lowest BCUT2D eigenvalue weighted by atomic mass is 9.70. The number of ether oxygens (including phenoxy) is 2. The highest BCUT2D eigenvalue weighted by Crippen LogP contribution is 2.54. The quantitative estimate of drug-likeness (QED) is 0.143. The van der Waals surface area contributed by atoms with E-state index in [1.807, 2.05) is 13.8 Å². The monoisotopic (exact) mass is 618 g/mol. The molecule has 1 aromatic heterocycles. The summed E-state index contributed by atoms with van der Waals surface area (Å²) in [7, 11) is 0. The molecule has 1 aliphatic carbocycles. The van der Waals surface area contributed by atoms with Crippen LogP contribution in [0.2, 0.25) is 5.02 Å². The van der Waals surface area contributed by atoms with Crippen LogP contribution in [-0.2, 0) is 15.0 Å². The van der Waals surface area contributed by atoms with Gasteiger partial charge < -0.3 is 19.1 Å². The fourth-order valence-corrected chi connectivity index (χ4v) is 6.27. The Morgan fingerprint density at radius 3 is 2.07 bits per heavy atom. The second kappa shape index (κ2) is 12.3. The number of carboxylic acid groups (broad SMARTS) is 1. The minimum atomic E-state index is -1.88. The Kier molecular flexibility index (Phi) is 8.83. The average molecular weight is 619 g/mol. The van der Waals surface area contributed by atoms with Crippen LogP contribution in [0.15, 0.2) is 48.5 Å². The summed E-state index contributed by atoms with van der Waals surface area (Å²) in [5.41, 5.74) is -2.43. The predicted molar refractivity (Wildman–Crippen MR) is 154 cm³/mol. The molecule has 5 rings (SSSR count). The molecule has 0 saturated heterocycles. The van der Waals surface area contributed by atoms with Gasteiger partial charge >= 0.3 is 5.97 Å². The highest BCUT2D eigenvalue weighted by molar-refractivity contribution is 6.30. The summed E-state index contributed by atoms with van der Waals surface area (Å²) in [5, 5.41) is 9.97. The minimum Gasteiger partial charge on any atom is -0.478 e. The first-order valence-electron chi connectivity index (χ1n) is 14.2. The molecule has 1 atom stereocenters. The first-order valence-corrected chi connectivity index (χ1v) is 14.6. The van der Waals surface area contributed by atoms with Crippen LogP contribution in [0, 0.1) is 23.3 Å². The number of hydrogen-bond acceptors (Lipinski definition) is 4. The summed E-state index contributed by atoms with van der Waals surface area (Å²) in [4.78, 5) is 16.4. The van der Waals surface area contributed by atoms with E-state index in [4.69, 9.17) is 21.1 Å². The van der Waals surface area contributed by atoms with Crippen LogP contribution in [0.4, 0.5) is 17.6 Å². The number of carbonyl (C=O) groups is 1. The molecule has 1 heterocycles. The Labute approximate surface area is 251 Å². The molecular formula is C32H31ClF4N2O4. The zero-order valence-electron chi connectivity index (χ0n) is 23.7. The molecule has 3 aromatic carbocycles. The Hall–Kier alpha value is -3.47. The van der Waals surface area contributed by atoms with E-state index in [0.717, 1.165) is 24.3 Å². The van der Waals surface area contributed by atoms with Gasteiger partial charge in [-0.15, -0.1) is 0 Å². The predicted octanol–water partition coefficient (Wildman–Crippen LogP) is 8.48. The lowest BCUT2D eigenvalue weighted by Gasteiger charge is -2.54. The topological polar surface area (TPSA) is 73.6 Å². The van der Waals surface area contributed by atoms with E-state index in [-0.39, 0.29) is 42.9 Å². The number of fused-ring (bicyclic) bond motifs is 1. The fraction of sp³-hybridized carbons (Fsp3) is 0.375. The van der Waals surface area contributed by atoms with Crippen molar-refractivity contribution in [2.24, 2.45) is 0 Å². The van der Waals surface area contributed by atoms with E-state index >= 15 is 8.78 Å². The maximum Gasteiger partial charge on any atom is 0.335 e. The summed E-state index contributed by atoms with van der Waals surface area (Å²) in [6.45, 7) is 4.08. The van der Waals surface area contributed by atoms with Crippen molar-refractivity contribution in [1.29, 1.82) is 0 Å². The van der Waals surface area contributed by atoms with Crippen LogP contribution >= 0.6 is 11.6 Å². The lowest BCUT2D eigenvalue weighted by molar-refractivity contribution is -0.298. The number of rotatable bonds is 10. The Morgan fingerprint density at radius 2 is 1.49 bits per heavy atom. The normalized spacial score (nSPS) is 18.3. The number of nitrogens with zero attached hydrogens (tertiary/aromatic N) is 2. The van der Waals surface area contributed by atoms with E-state index in [1.54, 1.807) is 24.3 Å². The highest BCUT2D eigenvalue weighted by atomic mass is 35.5. The third-order valence-electron chi connectivity index (χ3n) is 7.89. The van der Waals surface area contributed by atoms with Crippen LogP contribution in [0.1, 0.15) is 68.3 Å². The Bertz CT molecular complexity index is 1630. The molecule has 0 amide bonds. The third-order valence-corrected chi connectivity index (χ3v) is 8.14. The SMILES string of the molecule is CCCOC1(OCCC)CCCCC1(c1c(F)cc(C(=O)O)cc1F)n1c(-c2ccc(Cl)cc2)nc2cc(F)c(F)cc21. The van der Waals surface area contributed by atoms with Gasteiger partial charge in [0, 0.05) is 42.4 Å². The summed E-state index contributed by atoms with van der Waals surface area (Å²) in [6.07, 6.45) is 2.38. The van der Waals surface area contributed by atoms with Crippen molar-refractivity contribution < 1.29 is 36.9 Å². The standard InChI is InChI=1S/C32H31ClF4N2O4/c1-3-13-42-32(43-14-4-2)12-6-5-11-31(32,28-24(36)15-20(30(40)41)16-25(28)37)39-27-18-23(35)22(34)17-26(27)38-29(39)19-7-9-21(33)10-8-19/h7-10,15-18H,3-6,11-14H2,1-2H3,(H,40,41). The zero-order valence-corrected chi connectivity index (χ0v) is 24.5. The molecule has 1 unspecified atom stereocenters. The van der Waals surface area contributed by atoms with Crippen molar-refractivity contribution in [2.45, 2.75) is 63.7 Å². The van der Waals surface area contributed by atoms with Gasteiger partial charge in [-0.2, -0.15) is 0 Å². The van der Waals surface area contributed by atoms with E-state index < -0.39 is 51.7 Å². The van der Waals surface area contributed by atoms with E-state index in [0.29, 0.717) is 36.3 Å². The minimum absolute atomic E-state index is 0.0386. The number of benzene rings is 3. The molecule has 0 aliphatic heterocycles. The number of imidazole rings is 1. The summed E-state index contributed by atoms with van der Waals surface area (Å²) in [5.74, 6) is -7.68. The van der Waals surface area contributed by atoms with Gasteiger partial charge in [-0.1, -0.05) is 31.9 Å². The number of carboxylic acids is 1. The van der Waals surface area contributed by atoms with Gasteiger partial charge in [-0.3, -0.25) is 0 Å². The van der Waals surface area contributed by atoms with Gasteiger partial charge in [0.2, 0.25) is 0 Å². The van der Waals surface area contributed by atoms with Gasteiger partial charge in [0.1, 0.15) is 23.0 Å². The Balaban J connectivity index is 2.00. The van der Waals surface area contributed by atoms with E-state index in [1.165, 1.54) is 4.57 Å². The molecule has 0 spiro atoms. The fourth-order valence-electron chi connectivity index (χ4n) is 6.15. The number of halogens is 5. The number of aromatic nitrogens is 2. The van der Waals surface area contributed by atoms with Crippen molar-refractivity contribution in [2.75, 3.05) is 13.2 Å². The molecule has 1 saturated carbocycles. The highest BCUT2D eigenvalue weighted by Gasteiger charge is 2.61. The third kappa shape index (κ3) is 5.30. The van der Waals surface area contributed by atoms with E-state index in [2.05, 4.69) is 4.98 Å². The molecular weight excluding hydrogens is 588 g/mol. The van der Waals surface area contributed by atoms with Gasteiger partial charge in [0.15, 0.2) is 17.4 Å². The first-order chi connectivity index (χ1) is 20.6. The van der Waals surface area contributed by atoms with Gasteiger partial charge in [-0.05, 0) is 62.1 Å². The maximum absolute atomic E-state index is 16.4. The maximum atomic E-state index is 16.4. The van der Waals surface area contributed by atoms with Crippen LogP contribution < -0.4 is 0 Å². The molecule has 1 aliphatic rings. The summed E-state index contributed by atoms with van der Waals surface area (Å²) < 4.78 is 76.9. The largest absolute Gasteiger partial charge is 0.478 e. The summed E-state index contributed by atoms with van der Waals surface area (Å²) in [6, 6.07) is 9.87. The van der Waals surface area contributed by atoms with Crippen LogP contribution in [0.5, 0.6) is 0 Å². The second-order valence-electron chi connectivity index (χ2n) is 10.7. The molecule has 43 heavy (non-hydrogen) atoms. The molecule has 1 fully saturated rings. The number of hydrogen-bond donors (Lipinski definition) is 1. The average Bonchev–Trinajstić information content (AvgIpc) is 3.34. The lowest BCUT2D eigenvalue weighted by Crippen LogP contribution is -2.62. The summed E-state index contributed by atoms with van der Waals surface area (Å²) >= 11 is 6.16. The molecule has 0 radical (unpaired) electrons. The molecule has 0 bridgehead atoms. The molecule has 6 nitrogen and oxygen atoms in total. The molecule has 1 N–H and O–H groups in total. The van der Waals surface area contributed by atoms with E-state index in [9.17, 15) is 18.7 Å². The van der Waals surface area contributed by atoms with Gasteiger partial charge in [0.25, 0.3) is 0 Å². The molecule has 4 aromatic rings. The van der Waals surface area contributed by atoms with Crippen molar-refractivity contribution in [3.8, 4) is 11.4 Å². The van der Waals surface area contributed by atoms with Crippen molar-refractivity contribution in [3.63, 3.8) is 0 Å². The molecule has 228 valence electrons. The first kappa shape index (κ1) is 31.0. The van der Waals surface area contributed by atoms with Crippen molar-refractivity contribution in [1.82, 2.24) is 9.55 Å². The van der Waals surface area contributed by atoms with Gasteiger partial charge in [0.05, 0.1) is 22.2 Å².